The molecule has 6 heterocycles. The van der Waals surface area contributed by atoms with Crippen molar-refractivity contribution in [2.24, 2.45) is 0 Å². The highest BCUT2D eigenvalue weighted by molar-refractivity contribution is 7.22. The van der Waals surface area contributed by atoms with Crippen LogP contribution in [0.1, 0.15) is 32.1 Å². The first-order chi connectivity index (χ1) is 21.2. The molecule has 4 aliphatic heterocycles. The minimum atomic E-state index is -1.63. The van der Waals surface area contributed by atoms with E-state index >= 15 is 4.39 Å². The van der Waals surface area contributed by atoms with Crippen LogP contribution in [0.2, 0.25) is 5.02 Å². The lowest BCUT2D eigenvalue weighted by Crippen LogP contribution is -2.51. The number of piperazine rings is 1. The third kappa shape index (κ3) is 4.52. The highest BCUT2D eigenvalue weighted by atomic mass is 35.5. The van der Waals surface area contributed by atoms with Crippen molar-refractivity contribution >= 4 is 54.7 Å². The first-order valence-corrected chi connectivity index (χ1v) is 16.0. The summed E-state index contributed by atoms with van der Waals surface area (Å²) in [6, 6.07) is 6.60. The SMILES string of the molecule is Nc1cc2c(-c3c(Cl)cc4c(N5C[C@H]6CC[C@@H](C5)N6)nc(OCC56CCCN5CC(=C(F)F)C6)nc4c3F)ccc(F)c2s1. The van der Waals surface area contributed by atoms with E-state index in [0.717, 1.165) is 30.6 Å². The normalized spacial score (nSPS) is 25.0. The Labute approximate surface area is 259 Å². The van der Waals surface area contributed by atoms with Gasteiger partial charge in [-0.2, -0.15) is 18.7 Å². The fourth-order valence-electron chi connectivity index (χ4n) is 7.67. The molecule has 0 spiro atoms. The van der Waals surface area contributed by atoms with E-state index in [-0.39, 0.29) is 59.3 Å². The van der Waals surface area contributed by atoms with E-state index in [2.05, 4.69) is 15.2 Å². The van der Waals surface area contributed by atoms with E-state index in [0.29, 0.717) is 57.9 Å². The number of thiophene rings is 1. The van der Waals surface area contributed by atoms with Crippen molar-refractivity contribution in [1.82, 2.24) is 20.2 Å². The molecule has 4 saturated heterocycles. The molecule has 2 aromatic heterocycles. The van der Waals surface area contributed by atoms with E-state index in [1.165, 1.54) is 12.1 Å². The Morgan fingerprint density at radius 1 is 1.14 bits per heavy atom. The maximum atomic E-state index is 16.8. The van der Waals surface area contributed by atoms with Crippen LogP contribution in [0, 0.1) is 11.6 Å². The summed E-state index contributed by atoms with van der Waals surface area (Å²) in [5.74, 6) is -0.611. The van der Waals surface area contributed by atoms with Gasteiger partial charge >= 0.3 is 6.01 Å². The molecule has 3 N–H and O–H groups in total. The third-order valence-corrected chi connectivity index (χ3v) is 11.0. The van der Waals surface area contributed by atoms with Gasteiger partial charge in [-0.1, -0.05) is 17.7 Å². The number of hydrogen-bond acceptors (Lipinski definition) is 8. The number of fused-ring (bicyclic) bond motifs is 5. The van der Waals surface area contributed by atoms with E-state index < -0.39 is 23.3 Å². The summed E-state index contributed by atoms with van der Waals surface area (Å²) in [5.41, 5.74) is 6.07. The minimum Gasteiger partial charge on any atom is -0.461 e. The van der Waals surface area contributed by atoms with Gasteiger partial charge in [0.2, 0.25) is 0 Å². The highest BCUT2D eigenvalue weighted by Gasteiger charge is 2.48. The topological polar surface area (TPSA) is 79.5 Å². The summed E-state index contributed by atoms with van der Waals surface area (Å²) >= 11 is 7.89. The number of nitrogens with two attached hydrogens (primary N) is 1. The van der Waals surface area contributed by atoms with Crippen molar-refractivity contribution in [2.75, 3.05) is 43.4 Å². The van der Waals surface area contributed by atoms with E-state index in [1.54, 1.807) is 12.1 Å². The van der Waals surface area contributed by atoms with Crippen LogP contribution in [0.5, 0.6) is 6.01 Å². The van der Waals surface area contributed by atoms with Gasteiger partial charge in [-0.25, -0.2) is 8.78 Å². The van der Waals surface area contributed by atoms with Gasteiger partial charge in [0, 0.05) is 53.6 Å². The molecule has 13 heteroatoms. The first kappa shape index (κ1) is 28.3. The zero-order chi connectivity index (χ0) is 30.3. The van der Waals surface area contributed by atoms with Crippen LogP contribution >= 0.6 is 22.9 Å². The van der Waals surface area contributed by atoms with Crippen molar-refractivity contribution in [3.8, 4) is 17.1 Å². The summed E-state index contributed by atoms with van der Waals surface area (Å²) in [6.45, 7) is 2.39. The predicted molar refractivity (Wildman–Crippen MR) is 165 cm³/mol. The monoisotopic (exact) mass is 644 g/mol. The molecule has 4 fully saturated rings. The fraction of sp³-hybridized carbons (Fsp3) is 0.419. The molecule has 2 aromatic carbocycles. The van der Waals surface area contributed by atoms with Gasteiger partial charge < -0.3 is 20.7 Å². The second-order valence-electron chi connectivity index (χ2n) is 12.4. The second kappa shape index (κ2) is 10.4. The molecule has 7 nitrogen and oxygen atoms in total. The molecular weight excluding hydrogens is 616 g/mol. The Hall–Kier alpha value is -3.19. The number of aromatic nitrogens is 2. The minimum absolute atomic E-state index is 0.0195. The number of ether oxygens (including phenoxy) is 1. The summed E-state index contributed by atoms with van der Waals surface area (Å²) in [4.78, 5) is 13.5. The van der Waals surface area contributed by atoms with Crippen LogP contribution in [-0.4, -0.2) is 65.3 Å². The van der Waals surface area contributed by atoms with E-state index in [4.69, 9.17) is 27.1 Å². The second-order valence-corrected chi connectivity index (χ2v) is 13.9. The van der Waals surface area contributed by atoms with Crippen molar-refractivity contribution in [3.05, 3.63) is 52.6 Å². The van der Waals surface area contributed by atoms with E-state index in [9.17, 15) is 13.2 Å². The zero-order valence-electron chi connectivity index (χ0n) is 23.6. The van der Waals surface area contributed by atoms with Crippen LogP contribution < -0.4 is 20.7 Å². The number of halogens is 5. The van der Waals surface area contributed by atoms with Gasteiger partial charge in [0.05, 0.1) is 20.3 Å². The van der Waals surface area contributed by atoms with Crippen LogP contribution in [-0.2, 0) is 0 Å². The lowest BCUT2D eigenvalue weighted by Gasteiger charge is -2.34. The molecule has 230 valence electrons. The van der Waals surface area contributed by atoms with Gasteiger partial charge in [-0.3, -0.25) is 4.90 Å². The maximum absolute atomic E-state index is 16.8. The number of benzene rings is 2. The summed E-state index contributed by atoms with van der Waals surface area (Å²) in [6.07, 6.45) is 2.25. The molecule has 0 aliphatic carbocycles. The Bertz CT molecular complexity index is 1850. The number of anilines is 2. The number of nitrogens with one attached hydrogen (secondary N) is 1. The molecule has 3 atom stereocenters. The molecule has 2 bridgehead atoms. The average molecular weight is 645 g/mol. The van der Waals surface area contributed by atoms with Crippen molar-refractivity contribution in [2.45, 2.75) is 49.7 Å². The maximum Gasteiger partial charge on any atom is 0.319 e. The first-order valence-electron chi connectivity index (χ1n) is 14.8. The number of hydrogen-bond donors (Lipinski definition) is 2. The van der Waals surface area contributed by atoms with Crippen LogP contribution in [0.3, 0.4) is 0 Å². The van der Waals surface area contributed by atoms with Crippen molar-refractivity contribution in [3.63, 3.8) is 0 Å². The van der Waals surface area contributed by atoms with Gasteiger partial charge in [-0.15, -0.1) is 11.3 Å². The summed E-state index contributed by atoms with van der Waals surface area (Å²) in [7, 11) is 0. The molecule has 1 unspecified atom stereocenters. The van der Waals surface area contributed by atoms with Crippen LogP contribution in [0.15, 0.2) is 35.9 Å². The highest BCUT2D eigenvalue weighted by Crippen LogP contribution is 2.45. The Balaban J connectivity index is 1.25. The quantitative estimate of drug-likeness (QED) is 0.233. The van der Waals surface area contributed by atoms with Gasteiger partial charge in [0.25, 0.3) is 6.08 Å². The van der Waals surface area contributed by atoms with Gasteiger partial charge in [-0.05, 0) is 62.4 Å². The van der Waals surface area contributed by atoms with Crippen LogP contribution in [0.25, 0.3) is 32.1 Å². The summed E-state index contributed by atoms with van der Waals surface area (Å²) < 4.78 is 65.0. The molecule has 0 saturated carbocycles. The molecule has 0 radical (unpaired) electrons. The molecule has 44 heavy (non-hydrogen) atoms. The lowest BCUT2D eigenvalue weighted by molar-refractivity contribution is 0.108. The van der Waals surface area contributed by atoms with E-state index in [1.807, 2.05) is 4.90 Å². The molecule has 4 aromatic rings. The van der Waals surface area contributed by atoms with Crippen molar-refractivity contribution < 1.29 is 22.3 Å². The smallest absolute Gasteiger partial charge is 0.319 e. The standard InChI is InChI=1S/C31H29ClF4N6OS/c32-21-8-20-26(25(34)24(21)18-4-5-22(33)27-19(18)9-23(37)44-27)39-30(40-29(20)41-12-16-2-3-17(13-41)38-16)43-14-31-6-1-7-42(31)11-15(10-31)28(35)36/h4-5,8-9,16-17,38H,1-3,6-7,10-14,37H2/t16-,17+,31?. The predicted octanol–water partition coefficient (Wildman–Crippen LogP) is 6.73. The molecule has 8 rings (SSSR count). The average Bonchev–Trinajstić information content (AvgIpc) is 3.75. The largest absolute Gasteiger partial charge is 0.461 e. The number of nitrogen functional groups attached to an aromatic ring is 1. The summed E-state index contributed by atoms with van der Waals surface area (Å²) in [5, 5.41) is 5.05. The third-order valence-electron chi connectivity index (χ3n) is 9.68. The molecule has 4 aliphatic rings. The van der Waals surface area contributed by atoms with Gasteiger partial charge in [0.15, 0.2) is 5.82 Å². The molecule has 0 amide bonds. The lowest BCUT2D eigenvalue weighted by atomic mass is 9.94. The van der Waals surface area contributed by atoms with Gasteiger partial charge in [0.1, 0.15) is 23.8 Å². The van der Waals surface area contributed by atoms with Crippen molar-refractivity contribution in [1.29, 1.82) is 0 Å². The molecular formula is C31H29ClF4N6OS. The Kier molecular flexibility index (Phi) is 6.71. The zero-order valence-corrected chi connectivity index (χ0v) is 25.2. The number of rotatable bonds is 5. The number of nitrogens with zero attached hydrogens (tertiary/aromatic N) is 4. The fourth-order valence-corrected chi connectivity index (χ4v) is 8.83. The van der Waals surface area contributed by atoms with Crippen LogP contribution in [0.4, 0.5) is 28.4 Å². The Morgan fingerprint density at radius 2 is 1.93 bits per heavy atom. The Morgan fingerprint density at radius 3 is 2.70 bits per heavy atom.